The molecule has 0 aliphatic carbocycles. The van der Waals surface area contributed by atoms with E-state index in [0.29, 0.717) is 16.0 Å². The van der Waals surface area contributed by atoms with E-state index in [1.165, 1.54) is 12.1 Å². The lowest BCUT2D eigenvalue weighted by atomic mass is 10.2. The van der Waals surface area contributed by atoms with Crippen LogP contribution in [0.5, 0.6) is 0 Å². The van der Waals surface area contributed by atoms with Crippen molar-refractivity contribution < 1.29 is 14.7 Å². The number of anilines is 1. The maximum atomic E-state index is 11.6. The van der Waals surface area contributed by atoms with E-state index in [1.54, 1.807) is 6.07 Å². The number of nitrogens with one attached hydrogen (secondary N) is 3. The van der Waals surface area contributed by atoms with Crippen LogP contribution < -0.4 is 10.6 Å². The van der Waals surface area contributed by atoms with Crippen molar-refractivity contribution in [3.05, 3.63) is 34.1 Å². The second-order valence-electron chi connectivity index (χ2n) is 3.67. The molecule has 0 bridgehead atoms. The van der Waals surface area contributed by atoms with Gasteiger partial charge in [0.1, 0.15) is 0 Å². The van der Waals surface area contributed by atoms with Gasteiger partial charge in [0.15, 0.2) is 5.82 Å². The van der Waals surface area contributed by atoms with E-state index < -0.39 is 12.0 Å². The normalized spacial score (nSPS) is 10.1. The van der Waals surface area contributed by atoms with Gasteiger partial charge in [-0.1, -0.05) is 21.1 Å². The first-order chi connectivity index (χ1) is 9.54. The molecule has 1 aromatic heterocycles. The lowest BCUT2D eigenvalue weighted by Crippen LogP contribution is -2.28. The minimum absolute atomic E-state index is 0.0628. The highest BCUT2D eigenvalue weighted by Gasteiger charge is 2.09. The Morgan fingerprint density at radius 2 is 2.15 bits per heavy atom. The van der Waals surface area contributed by atoms with Gasteiger partial charge in [-0.25, -0.2) is 9.59 Å². The first-order valence-corrected chi connectivity index (χ1v) is 6.15. The summed E-state index contributed by atoms with van der Waals surface area (Å²) < 4.78 is 0.547. The molecule has 0 fully saturated rings. The third-order valence-electron chi connectivity index (χ3n) is 2.20. The summed E-state index contributed by atoms with van der Waals surface area (Å²) in [6.07, 6.45) is 0. The smallest absolute Gasteiger partial charge is 0.335 e. The van der Waals surface area contributed by atoms with Gasteiger partial charge in [-0.05, 0) is 18.2 Å². The van der Waals surface area contributed by atoms with Crippen LogP contribution in [-0.2, 0) is 6.54 Å². The summed E-state index contributed by atoms with van der Waals surface area (Å²) in [6, 6.07) is 3.86. The molecule has 2 aromatic rings. The summed E-state index contributed by atoms with van der Waals surface area (Å²) in [7, 11) is 0. The van der Waals surface area contributed by atoms with Crippen molar-refractivity contribution in [2.45, 2.75) is 6.54 Å². The van der Waals surface area contributed by atoms with Crippen LogP contribution in [0.25, 0.3) is 0 Å². The van der Waals surface area contributed by atoms with Gasteiger partial charge in [0.25, 0.3) is 0 Å². The molecule has 0 aliphatic rings. The molecule has 4 N–H and O–H groups in total. The van der Waals surface area contributed by atoms with Gasteiger partial charge in [-0.15, -0.1) is 10.2 Å². The number of aromatic carboxylic acids is 1. The van der Waals surface area contributed by atoms with E-state index in [1.807, 2.05) is 0 Å². The molecule has 104 valence electrons. The number of carboxylic acid groups (broad SMARTS) is 1. The van der Waals surface area contributed by atoms with E-state index in [9.17, 15) is 9.59 Å². The maximum absolute atomic E-state index is 11.6. The number of aromatic nitrogens is 4. The SMILES string of the molecule is O=C(NCc1nn[nH]n1)Nc1cc(Br)cc(C(=O)O)c1. The van der Waals surface area contributed by atoms with Crippen LogP contribution in [0, 0.1) is 0 Å². The molecule has 2 amide bonds. The van der Waals surface area contributed by atoms with E-state index in [2.05, 4.69) is 47.2 Å². The van der Waals surface area contributed by atoms with Gasteiger partial charge in [0.2, 0.25) is 0 Å². The summed E-state index contributed by atoms with van der Waals surface area (Å²) in [6.45, 7) is 0.0993. The highest BCUT2D eigenvalue weighted by atomic mass is 79.9. The number of H-pyrrole nitrogens is 1. The van der Waals surface area contributed by atoms with Gasteiger partial charge >= 0.3 is 12.0 Å². The topological polar surface area (TPSA) is 133 Å². The number of hydrogen-bond acceptors (Lipinski definition) is 5. The highest BCUT2D eigenvalue weighted by Crippen LogP contribution is 2.19. The molecule has 1 heterocycles. The third kappa shape index (κ3) is 3.75. The minimum Gasteiger partial charge on any atom is -0.478 e. The summed E-state index contributed by atoms with van der Waals surface area (Å²) in [5.41, 5.74) is 0.412. The monoisotopic (exact) mass is 340 g/mol. The van der Waals surface area contributed by atoms with Crippen LogP contribution >= 0.6 is 15.9 Å². The van der Waals surface area contributed by atoms with E-state index in [-0.39, 0.29) is 12.1 Å². The van der Waals surface area contributed by atoms with Gasteiger partial charge in [-0.2, -0.15) is 5.21 Å². The second-order valence-corrected chi connectivity index (χ2v) is 4.59. The maximum Gasteiger partial charge on any atom is 0.335 e. The number of hydrogen-bond donors (Lipinski definition) is 4. The number of carbonyl (C=O) groups excluding carboxylic acids is 1. The Kier molecular flexibility index (Phi) is 4.25. The lowest BCUT2D eigenvalue weighted by Gasteiger charge is -2.07. The first-order valence-electron chi connectivity index (χ1n) is 5.35. The van der Waals surface area contributed by atoms with Crippen molar-refractivity contribution in [1.82, 2.24) is 25.9 Å². The van der Waals surface area contributed by atoms with Crippen molar-refractivity contribution in [2.75, 3.05) is 5.32 Å². The number of benzene rings is 1. The van der Waals surface area contributed by atoms with E-state index in [4.69, 9.17) is 5.11 Å². The molecule has 0 unspecified atom stereocenters. The Labute approximate surface area is 120 Å². The van der Waals surface area contributed by atoms with Crippen molar-refractivity contribution in [2.24, 2.45) is 0 Å². The number of amides is 2. The molecule has 0 saturated heterocycles. The fraction of sp³-hybridized carbons (Fsp3) is 0.100. The van der Waals surface area contributed by atoms with Crippen molar-refractivity contribution >= 4 is 33.6 Å². The Morgan fingerprint density at radius 1 is 1.35 bits per heavy atom. The van der Waals surface area contributed by atoms with Crippen molar-refractivity contribution in [1.29, 1.82) is 0 Å². The number of carboxylic acids is 1. The number of halogens is 1. The fourth-order valence-electron chi connectivity index (χ4n) is 1.38. The van der Waals surface area contributed by atoms with Crippen molar-refractivity contribution in [3.8, 4) is 0 Å². The number of nitrogens with zero attached hydrogens (tertiary/aromatic N) is 3. The molecule has 20 heavy (non-hydrogen) atoms. The molecule has 0 saturated carbocycles. The van der Waals surface area contributed by atoms with Crippen LogP contribution in [-0.4, -0.2) is 37.7 Å². The van der Waals surface area contributed by atoms with E-state index >= 15 is 0 Å². The molecule has 0 spiro atoms. The van der Waals surface area contributed by atoms with Crippen molar-refractivity contribution in [3.63, 3.8) is 0 Å². The molecule has 1 aromatic carbocycles. The summed E-state index contributed by atoms with van der Waals surface area (Å²) in [4.78, 5) is 22.5. The third-order valence-corrected chi connectivity index (χ3v) is 2.66. The summed E-state index contributed by atoms with van der Waals surface area (Å²) >= 11 is 3.17. The van der Waals surface area contributed by atoms with Gasteiger partial charge in [0.05, 0.1) is 12.1 Å². The quantitative estimate of drug-likeness (QED) is 0.655. The van der Waals surface area contributed by atoms with E-state index in [0.717, 1.165) is 0 Å². The average molecular weight is 341 g/mol. The Balaban J connectivity index is 1.98. The number of rotatable bonds is 4. The zero-order valence-corrected chi connectivity index (χ0v) is 11.5. The fourth-order valence-corrected chi connectivity index (χ4v) is 1.87. The number of aromatic amines is 1. The predicted octanol–water partition coefficient (Wildman–Crippen LogP) is 0.982. The standard InChI is InChI=1S/C10H9BrN6O3/c11-6-1-5(9(18)19)2-7(3-6)13-10(20)12-4-8-14-16-17-15-8/h1-3H,4H2,(H,18,19)(H2,12,13,20)(H,14,15,16,17). The number of tetrazole rings is 1. The summed E-state index contributed by atoms with van der Waals surface area (Å²) in [5, 5.41) is 26.9. The van der Waals surface area contributed by atoms with Crippen LogP contribution in [0.2, 0.25) is 0 Å². The van der Waals surface area contributed by atoms with Crippen LogP contribution in [0.3, 0.4) is 0 Å². The molecular formula is C10H9BrN6O3. The van der Waals surface area contributed by atoms with Gasteiger partial charge < -0.3 is 15.7 Å². The Hall–Kier alpha value is -2.49. The Bertz CT molecular complexity index is 630. The molecule has 0 aliphatic heterocycles. The largest absolute Gasteiger partial charge is 0.478 e. The first kappa shape index (κ1) is 13.9. The highest BCUT2D eigenvalue weighted by molar-refractivity contribution is 9.10. The van der Waals surface area contributed by atoms with Crippen LogP contribution in [0.15, 0.2) is 22.7 Å². The number of carbonyl (C=O) groups is 2. The second kappa shape index (κ2) is 6.10. The molecule has 0 radical (unpaired) electrons. The molecular weight excluding hydrogens is 332 g/mol. The lowest BCUT2D eigenvalue weighted by molar-refractivity contribution is 0.0697. The molecule has 0 atom stereocenters. The average Bonchev–Trinajstić information content (AvgIpc) is 2.88. The minimum atomic E-state index is -1.08. The van der Waals surface area contributed by atoms with Gasteiger partial charge in [-0.3, -0.25) is 0 Å². The molecule has 2 rings (SSSR count). The molecule has 10 heteroatoms. The zero-order valence-electron chi connectivity index (χ0n) is 9.92. The van der Waals surface area contributed by atoms with Crippen LogP contribution in [0.4, 0.5) is 10.5 Å². The molecule has 9 nitrogen and oxygen atoms in total. The summed E-state index contributed by atoms with van der Waals surface area (Å²) in [5.74, 6) is -0.748. The zero-order chi connectivity index (χ0) is 14.5. The Morgan fingerprint density at radius 3 is 2.80 bits per heavy atom. The van der Waals surface area contributed by atoms with Crippen LogP contribution in [0.1, 0.15) is 16.2 Å². The van der Waals surface area contributed by atoms with Gasteiger partial charge in [0, 0.05) is 10.2 Å². The predicted molar refractivity (Wildman–Crippen MR) is 71.1 cm³/mol. The number of urea groups is 1.